The van der Waals surface area contributed by atoms with E-state index in [1.807, 2.05) is 20.8 Å². The Bertz CT molecular complexity index is 1030. The van der Waals surface area contributed by atoms with Crippen LogP contribution in [0.5, 0.6) is 0 Å². The average molecular weight is 434 g/mol. The number of hydrogen-bond donors (Lipinski definition) is 0. The minimum Gasteiger partial charge on any atom is -0.378 e. The van der Waals surface area contributed by atoms with E-state index in [-0.39, 0.29) is 16.9 Å². The van der Waals surface area contributed by atoms with Crippen LogP contribution in [-0.4, -0.2) is 36.3 Å². The second-order valence-electron chi connectivity index (χ2n) is 11.1. The van der Waals surface area contributed by atoms with Gasteiger partial charge >= 0.3 is 0 Å². The number of aryl methyl sites for hydroxylation is 1. The number of hydrogen-bond acceptors (Lipinski definition) is 3. The first-order valence-corrected chi connectivity index (χ1v) is 11.6. The van der Waals surface area contributed by atoms with Gasteiger partial charge in [-0.2, -0.15) is 5.10 Å². The summed E-state index contributed by atoms with van der Waals surface area (Å²) in [6, 6.07) is 6.55. The van der Waals surface area contributed by atoms with E-state index < -0.39 is 0 Å². The van der Waals surface area contributed by atoms with Crippen LogP contribution >= 0.6 is 0 Å². The summed E-state index contributed by atoms with van der Waals surface area (Å²) >= 11 is 0. The summed E-state index contributed by atoms with van der Waals surface area (Å²) in [6.07, 6.45) is 9.30. The normalized spacial score (nSPS) is 21.3. The van der Waals surface area contributed by atoms with Gasteiger partial charge in [-0.05, 0) is 86.8 Å². The first kappa shape index (κ1) is 24.0. The lowest BCUT2D eigenvalue weighted by Crippen LogP contribution is -2.39. The van der Waals surface area contributed by atoms with Gasteiger partial charge in [-0.25, -0.2) is 5.01 Å². The number of carbonyl (C=O) groups is 1. The van der Waals surface area contributed by atoms with Crippen molar-refractivity contribution in [2.24, 2.45) is 10.5 Å². The molecule has 0 atom stereocenters. The number of hydrazone groups is 1. The van der Waals surface area contributed by atoms with Crippen molar-refractivity contribution >= 4 is 23.4 Å². The Morgan fingerprint density at radius 2 is 1.84 bits per heavy atom. The van der Waals surface area contributed by atoms with Gasteiger partial charge in [-0.1, -0.05) is 45.1 Å². The van der Waals surface area contributed by atoms with E-state index in [9.17, 15) is 4.79 Å². The first-order chi connectivity index (χ1) is 14.8. The van der Waals surface area contributed by atoms with Crippen LogP contribution in [-0.2, 0) is 4.79 Å². The van der Waals surface area contributed by atoms with Crippen molar-refractivity contribution < 1.29 is 4.79 Å². The first-order valence-electron chi connectivity index (χ1n) is 11.6. The largest absolute Gasteiger partial charge is 0.378 e. The molecule has 1 heterocycles. The molecule has 1 aliphatic carbocycles. The molecule has 1 aromatic carbocycles. The summed E-state index contributed by atoms with van der Waals surface area (Å²) in [5, 5.41) is 6.37. The van der Waals surface area contributed by atoms with E-state index >= 15 is 0 Å². The summed E-state index contributed by atoms with van der Waals surface area (Å²) in [5.41, 5.74) is 7.56. The number of benzene rings is 1. The van der Waals surface area contributed by atoms with Crippen LogP contribution in [0.25, 0.3) is 6.08 Å². The smallest absolute Gasteiger partial charge is 0.276 e. The minimum absolute atomic E-state index is 0.0387. The Morgan fingerprint density at radius 3 is 2.41 bits per heavy atom. The minimum atomic E-state index is -0.327. The molecule has 4 heteroatoms. The van der Waals surface area contributed by atoms with Gasteiger partial charge in [-0.3, -0.25) is 4.79 Å². The molecule has 0 radical (unpaired) electrons. The Labute approximate surface area is 194 Å². The maximum Gasteiger partial charge on any atom is 0.276 e. The number of nitrogens with zero attached hydrogens (tertiary/aromatic N) is 3. The molecule has 1 aromatic rings. The average Bonchev–Trinajstić information content (AvgIpc) is 3.02. The van der Waals surface area contributed by atoms with Gasteiger partial charge in [0.2, 0.25) is 0 Å². The number of amides is 1. The molecule has 0 bridgehead atoms. The molecule has 0 fully saturated rings. The Morgan fingerprint density at radius 1 is 1.16 bits per heavy atom. The van der Waals surface area contributed by atoms with Crippen molar-refractivity contribution in [3.8, 4) is 0 Å². The SMILES string of the molecule is CCC1=NN(C(C)(C)C)C(=O)/C1=C1C=C(/C=C/c2ccc(N(C)C)cc2C)CC(C)(C)C\1. The highest BCUT2D eigenvalue weighted by Gasteiger charge is 2.39. The van der Waals surface area contributed by atoms with Gasteiger partial charge < -0.3 is 4.90 Å². The third-order valence-electron chi connectivity index (χ3n) is 6.16. The third kappa shape index (κ3) is 5.06. The molecule has 3 rings (SSSR count). The Kier molecular flexibility index (Phi) is 6.55. The van der Waals surface area contributed by atoms with E-state index in [1.165, 1.54) is 22.4 Å². The molecule has 0 unspecified atom stereocenters. The molecule has 1 aliphatic heterocycles. The highest BCUT2D eigenvalue weighted by Crippen LogP contribution is 2.41. The number of anilines is 1. The monoisotopic (exact) mass is 433 g/mol. The predicted octanol–water partition coefficient (Wildman–Crippen LogP) is 6.52. The van der Waals surface area contributed by atoms with Crippen molar-refractivity contribution in [3.05, 3.63) is 58.2 Å². The molecule has 0 spiro atoms. The lowest BCUT2D eigenvalue weighted by atomic mass is 9.73. The fourth-order valence-electron chi connectivity index (χ4n) is 4.52. The molecule has 2 aliphatic rings. The van der Waals surface area contributed by atoms with E-state index in [4.69, 9.17) is 5.10 Å². The third-order valence-corrected chi connectivity index (χ3v) is 6.16. The fourth-order valence-corrected chi connectivity index (χ4v) is 4.52. The van der Waals surface area contributed by atoms with Gasteiger partial charge in [0.15, 0.2) is 0 Å². The van der Waals surface area contributed by atoms with E-state index in [1.54, 1.807) is 5.01 Å². The van der Waals surface area contributed by atoms with Gasteiger partial charge in [0.25, 0.3) is 5.91 Å². The lowest BCUT2D eigenvalue weighted by Gasteiger charge is -2.32. The van der Waals surface area contributed by atoms with Crippen LogP contribution in [0, 0.1) is 12.3 Å². The molecule has 0 saturated heterocycles. The molecule has 0 aromatic heterocycles. The van der Waals surface area contributed by atoms with Crippen molar-refractivity contribution in [1.29, 1.82) is 0 Å². The van der Waals surface area contributed by atoms with Crippen LogP contribution in [0.1, 0.15) is 71.9 Å². The number of rotatable bonds is 4. The van der Waals surface area contributed by atoms with Gasteiger partial charge in [0, 0.05) is 19.8 Å². The van der Waals surface area contributed by atoms with Gasteiger partial charge in [0.1, 0.15) is 0 Å². The molecule has 172 valence electrons. The topological polar surface area (TPSA) is 35.9 Å². The summed E-state index contributed by atoms with van der Waals surface area (Å²) in [4.78, 5) is 15.5. The molecular weight excluding hydrogens is 394 g/mol. The van der Waals surface area contributed by atoms with Crippen LogP contribution < -0.4 is 4.90 Å². The summed E-state index contributed by atoms with van der Waals surface area (Å²) in [5.74, 6) is 0.0387. The van der Waals surface area contributed by atoms with Crippen LogP contribution in [0.3, 0.4) is 0 Å². The number of carbonyl (C=O) groups excluding carboxylic acids is 1. The van der Waals surface area contributed by atoms with Crippen molar-refractivity contribution in [2.45, 2.75) is 73.3 Å². The number of allylic oxidation sites excluding steroid dienone is 4. The molecule has 0 N–H and O–H groups in total. The second-order valence-corrected chi connectivity index (χ2v) is 11.1. The van der Waals surface area contributed by atoms with Gasteiger partial charge in [-0.15, -0.1) is 0 Å². The van der Waals surface area contributed by atoms with Crippen LogP contribution in [0.2, 0.25) is 0 Å². The molecule has 0 saturated carbocycles. The second kappa shape index (κ2) is 8.73. The van der Waals surface area contributed by atoms with Crippen LogP contribution in [0.4, 0.5) is 5.69 Å². The quantitative estimate of drug-likeness (QED) is 0.507. The zero-order valence-electron chi connectivity index (χ0n) is 21.3. The maximum absolute atomic E-state index is 13.4. The summed E-state index contributed by atoms with van der Waals surface area (Å²) in [6.45, 7) is 14.9. The van der Waals surface area contributed by atoms with E-state index in [2.05, 4.69) is 83.1 Å². The highest BCUT2D eigenvalue weighted by atomic mass is 16.2. The molecule has 32 heavy (non-hydrogen) atoms. The van der Waals surface area contributed by atoms with Gasteiger partial charge in [0.05, 0.1) is 16.8 Å². The van der Waals surface area contributed by atoms with Crippen molar-refractivity contribution in [3.63, 3.8) is 0 Å². The van der Waals surface area contributed by atoms with E-state index in [0.29, 0.717) is 0 Å². The van der Waals surface area contributed by atoms with Crippen LogP contribution in [0.15, 0.2) is 52.2 Å². The molecule has 1 amide bonds. The lowest BCUT2D eigenvalue weighted by molar-refractivity contribution is -0.130. The Balaban J connectivity index is 2.00. The molecular formula is C28H39N3O. The zero-order valence-corrected chi connectivity index (χ0v) is 21.3. The van der Waals surface area contributed by atoms with Crippen molar-refractivity contribution in [2.75, 3.05) is 19.0 Å². The summed E-state index contributed by atoms with van der Waals surface area (Å²) in [7, 11) is 4.13. The summed E-state index contributed by atoms with van der Waals surface area (Å²) < 4.78 is 0. The highest BCUT2D eigenvalue weighted by molar-refractivity contribution is 6.25. The van der Waals surface area contributed by atoms with E-state index in [0.717, 1.165) is 36.1 Å². The zero-order chi connectivity index (χ0) is 23.8. The maximum atomic E-state index is 13.4. The molecule has 4 nitrogen and oxygen atoms in total. The predicted molar refractivity (Wildman–Crippen MR) is 137 cm³/mol. The van der Waals surface area contributed by atoms with Crippen molar-refractivity contribution in [1.82, 2.24) is 5.01 Å². The fraction of sp³-hybridized carbons (Fsp3) is 0.500. The Hall–Kier alpha value is -2.62. The standard InChI is InChI=1S/C28H39N3O/c1-10-24-25(26(32)31(29-24)27(3,4)5)22-16-20(17-28(6,7)18-22)11-12-21-13-14-23(30(8)9)15-19(21)2/h11-16H,10,17-18H2,1-9H3/b12-11+,25-22+.